The van der Waals surface area contributed by atoms with Crippen molar-refractivity contribution in [1.82, 2.24) is 0 Å². The van der Waals surface area contributed by atoms with Crippen molar-refractivity contribution in [3.63, 3.8) is 0 Å². The Balaban J connectivity index is 0.000000355. The molecule has 2 atom stereocenters. The molecule has 6 heteroatoms. The van der Waals surface area contributed by atoms with Crippen LogP contribution < -0.4 is 0 Å². The van der Waals surface area contributed by atoms with E-state index < -0.39 is 0 Å². The van der Waals surface area contributed by atoms with Gasteiger partial charge < -0.3 is 29.3 Å². The predicted molar refractivity (Wildman–Crippen MR) is 82.7 cm³/mol. The Morgan fingerprint density at radius 3 is 1.09 bits per heavy atom. The van der Waals surface area contributed by atoms with Crippen LogP contribution in [-0.4, -0.2) is 61.4 Å². The van der Waals surface area contributed by atoms with Crippen LogP contribution in [-0.2, 0) is 19.1 Å². The standard InChI is InChI=1S/C10H22O2.2C3H4O2/c11-9-7-5-3-1-2-4-6-8-10-12;2*4-1-3-2-5-3/h11-12H,1-10H2;2*1,3H,2H2. The highest BCUT2D eigenvalue weighted by molar-refractivity contribution is 5.59. The molecule has 2 saturated heterocycles. The number of aliphatic hydroxyl groups excluding tert-OH is 2. The lowest BCUT2D eigenvalue weighted by atomic mass is 10.1. The monoisotopic (exact) mass is 318 g/mol. The van der Waals surface area contributed by atoms with Crippen molar-refractivity contribution in [2.75, 3.05) is 26.4 Å². The average molecular weight is 318 g/mol. The molecule has 2 fully saturated rings. The lowest BCUT2D eigenvalue weighted by molar-refractivity contribution is -0.109. The van der Waals surface area contributed by atoms with Crippen LogP contribution in [0.5, 0.6) is 0 Å². The molecule has 130 valence electrons. The molecule has 0 aromatic heterocycles. The molecule has 2 aliphatic heterocycles. The van der Waals surface area contributed by atoms with Gasteiger partial charge in [-0.2, -0.15) is 0 Å². The molecule has 0 aromatic rings. The van der Waals surface area contributed by atoms with Crippen LogP contribution in [0.15, 0.2) is 0 Å². The number of carbonyl (C=O) groups is 2. The van der Waals surface area contributed by atoms with Crippen molar-refractivity contribution in [1.29, 1.82) is 0 Å². The van der Waals surface area contributed by atoms with Gasteiger partial charge in [0.05, 0.1) is 13.2 Å². The van der Waals surface area contributed by atoms with Gasteiger partial charge in [-0.05, 0) is 12.8 Å². The molecule has 0 radical (unpaired) electrons. The molecule has 0 aromatic carbocycles. The Morgan fingerprint density at radius 1 is 0.682 bits per heavy atom. The van der Waals surface area contributed by atoms with E-state index in [1.54, 1.807) is 0 Å². The summed E-state index contributed by atoms with van der Waals surface area (Å²) < 4.78 is 8.98. The highest BCUT2D eigenvalue weighted by Crippen LogP contribution is 2.07. The van der Waals surface area contributed by atoms with Gasteiger partial charge in [-0.25, -0.2) is 0 Å². The molecule has 0 saturated carbocycles. The van der Waals surface area contributed by atoms with Crippen LogP contribution in [0.4, 0.5) is 0 Å². The van der Waals surface area contributed by atoms with Crippen LogP contribution >= 0.6 is 0 Å². The topological polar surface area (TPSA) is 99.7 Å². The minimum Gasteiger partial charge on any atom is -0.396 e. The van der Waals surface area contributed by atoms with E-state index in [0.29, 0.717) is 26.4 Å². The van der Waals surface area contributed by atoms with E-state index in [1.807, 2.05) is 0 Å². The molecule has 0 bridgehead atoms. The van der Waals surface area contributed by atoms with Crippen molar-refractivity contribution in [3.05, 3.63) is 0 Å². The second-order valence-electron chi connectivity index (χ2n) is 5.29. The van der Waals surface area contributed by atoms with E-state index in [4.69, 9.17) is 10.2 Å². The van der Waals surface area contributed by atoms with Crippen molar-refractivity contribution >= 4 is 12.6 Å². The van der Waals surface area contributed by atoms with Gasteiger partial charge in [0.15, 0.2) is 12.6 Å². The molecule has 2 unspecified atom stereocenters. The lowest BCUT2D eigenvalue weighted by Gasteiger charge is -1.99. The van der Waals surface area contributed by atoms with Crippen LogP contribution in [0, 0.1) is 0 Å². The third-order valence-electron chi connectivity index (χ3n) is 3.09. The van der Waals surface area contributed by atoms with Crippen LogP contribution in [0.1, 0.15) is 51.4 Å². The summed E-state index contributed by atoms with van der Waals surface area (Å²) in [5.41, 5.74) is 0. The van der Waals surface area contributed by atoms with E-state index in [-0.39, 0.29) is 12.2 Å². The number of aldehydes is 2. The zero-order chi connectivity index (χ0) is 16.5. The molecule has 2 heterocycles. The fraction of sp³-hybridized carbons (Fsp3) is 0.875. The van der Waals surface area contributed by atoms with Crippen LogP contribution in [0.3, 0.4) is 0 Å². The largest absolute Gasteiger partial charge is 0.396 e. The normalized spacial score (nSPS) is 20.8. The number of carbonyl (C=O) groups excluding carboxylic acids is 2. The maximum Gasteiger partial charge on any atom is 0.151 e. The number of aliphatic hydroxyl groups is 2. The summed E-state index contributed by atoms with van der Waals surface area (Å²) >= 11 is 0. The summed E-state index contributed by atoms with van der Waals surface area (Å²) in [5.74, 6) is 0. The van der Waals surface area contributed by atoms with Crippen molar-refractivity contribution in [2.45, 2.75) is 63.6 Å². The minimum atomic E-state index is -0.0463. The molecule has 2 rings (SSSR count). The van der Waals surface area contributed by atoms with Gasteiger partial charge in [-0.1, -0.05) is 38.5 Å². The summed E-state index contributed by atoms with van der Waals surface area (Å²) in [4.78, 5) is 18.9. The Morgan fingerprint density at radius 2 is 0.955 bits per heavy atom. The number of unbranched alkanes of at least 4 members (excludes halogenated alkanes) is 7. The molecule has 6 nitrogen and oxygen atoms in total. The number of hydrogen-bond acceptors (Lipinski definition) is 6. The van der Waals surface area contributed by atoms with Gasteiger partial charge in [-0.15, -0.1) is 0 Å². The Labute approximate surface area is 132 Å². The van der Waals surface area contributed by atoms with E-state index >= 15 is 0 Å². The van der Waals surface area contributed by atoms with Gasteiger partial charge in [0.1, 0.15) is 12.2 Å². The van der Waals surface area contributed by atoms with Crippen LogP contribution in [0.2, 0.25) is 0 Å². The van der Waals surface area contributed by atoms with E-state index in [2.05, 4.69) is 9.47 Å². The summed E-state index contributed by atoms with van der Waals surface area (Å²) in [6.07, 6.45) is 10.8. The molecule has 22 heavy (non-hydrogen) atoms. The first-order valence-corrected chi connectivity index (χ1v) is 8.14. The first-order chi connectivity index (χ1) is 10.8. The number of ether oxygens (including phenoxy) is 2. The van der Waals surface area contributed by atoms with E-state index in [9.17, 15) is 9.59 Å². The zero-order valence-electron chi connectivity index (χ0n) is 13.3. The van der Waals surface area contributed by atoms with Gasteiger partial charge in [0.2, 0.25) is 0 Å². The maximum atomic E-state index is 9.44. The van der Waals surface area contributed by atoms with Gasteiger partial charge in [-0.3, -0.25) is 0 Å². The zero-order valence-corrected chi connectivity index (χ0v) is 13.3. The van der Waals surface area contributed by atoms with Gasteiger partial charge >= 0.3 is 0 Å². The SMILES string of the molecule is O=CC1CO1.O=CC1CO1.OCCCCCCCCCCO. The Hall–Kier alpha value is -0.820. The van der Waals surface area contributed by atoms with Crippen molar-refractivity contribution < 1.29 is 29.3 Å². The van der Waals surface area contributed by atoms with Crippen molar-refractivity contribution in [2.24, 2.45) is 0 Å². The fourth-order valence-corrected chi connectivity index (χ4v) is 1.55. The third-order valence-corrected chi connectivity index (χ3v) is 3.09. The highest BCUT2D eigenvalue weighted by atomic mass is 16.6. The summed E-state index contributed by atoms with van der Waals surface area (Å²) in [5, 5.41) is 17.0. The minimum absolute atomic E-state index is 0.0463. The molecule has 2 N–H and O–H groups in total. The van der Waals surface area contributed by atoms with E-state index in [1.165, 1.54) is 25.7 Å². The summed E-state index contributed by atoms with van der Waals surface area (Å²) in [7, 11) is 0. The van der Waals surface area contributed by atoms with Gasteiger partial charge in [0.25, 0.3) is 0 Å². The molecule has 0 amide bonds. The Kier molecular flexibility index (Phi) is 15.9. The highest BCUT2D eigenvalue weighted by Gasteiger charge is 2.20. The number of epoxide rings is 2. The lowest BCUT2D eigenvalue weighted by Crippen LogP contribution is -1.85. The van der Waals surface area contributed by atoms with Gasteiger partial charge in [0, 0.05) is 13.2 Å². The smallest absolute Gasteiger partial charge is 0.151 e. The molecule has 0 spiro atoms. The van der Waals surface area contributed by atoms with Crippen molar-refractivity contribution in [3.8, 4) is 0 Å². The third kappa shape index (κ3) is 19.2. The summed E-state index contributed by atoms with van der Waals surface area (Å²) in [6, 6.07) is 0. The summed E-state index contributed by atoms with van der Waals surface area (Å²) in [6.45, 7) is 1.96. The fourth-order valence-electron chi connectivity index (χ4n) is 1.55. The quantitative estimate of drug-likeness (QED) is 0.338. The number of hydrogen-bond donors (Lipinski definition) is 2. The molecular weight excluding hydrogens is 288 g/mol. The molecule has 2 aliphatic rings. The molecular formula is C16H30O6. The van der Waals surface area contributed by atoms with Crippen LogP contribution in [0.25, 0.3) is 0 Å². The average Bonchev–Trinajstić information content (AvgIpc) is 3.44. The van der Waals surface area contributed by atoms with E-state index in [0.717, 1.165) is 38.3 Å². The first kappa shape index (κ1) is 21.2. The molecule has 0 aliphatic carbocycles. The first-order valence-electron chi connectivity index (χ1n) is 8.14. The Bertz CT molecular complexity index is 225. The second kappa shape index (κ2) is 16.5. The second-order valence-corrected chi connectivity index (χ2v) is 5.29. The number of rotatable bonds is 11. The maximum absolute atomic E-state index is 9.44. The predicted octanol–water partition coefficient (Wildman–Crippen LogP) is 1.26.